The lowest BCUT2D eigenvalue weighted by atomic mass is 9.98. The summed E-state index contributed by atoms with van der Waals surface area (Å²) in [5, 5.41) is 0. The molecule has 126 valence electrons. The quantitative estimate of drug-likeness (QED) is 0.866. The molecular formula is C19H21NO4. The van der Waals surface area contributed by atoms with Crippen molar-refractivity contribution in [2.45, 2.75) is 25.3 Å². The van der Waals surface area contributed by atoms with E-state index in [-0.39, 0.29) is 17.7 Å². The van der Waals surface area contributed by atoms with Crippen molar-refractivity contribution >= 4 is 5.91 Å². The highest BCUT2D eigenvalue weighted by Crippen LogP contribution is 2.49. The smallest absolute Gasteiger partial charge is 0.226 e. The van der Waals surface area contributed by atoms with E-state index in [9.17, 15) is 4.79 Å². The average Bonchev–Trinajstić information content (AvgIpc) is 3.23. The fourth-order valence-corrected chi connectivity index (χ4v) is 3.59. The average molecular weight is 327 g/mol. The maximum atomic E-state index is 12.8. The second-order valence-electron chi connectivity index (χ2n) is 6.45. The van der Waals surface area contributed by atoms with E-state index >= 15 is 0 Å². The molecule has 1 saturated carbocycles. The Morgan fingerprint density at radius 1 is 1.21 bits per heavy atom. The molecule has 0 saturated heterocycles. The van der Waals surface area contributed by atoms with E-state index in [2.05, 4.69) is 0 Å². The van der Waals surface area contributed by atoms with Crippen LogP contribution in [0.25, 0.3) is 0 Å². The zero-order valence-corrected chi connectivity index (χ0v) is 14.0. The number of hydrogen-bond acceptors (Lipinski definition) is 4. The largest absolute Gasteiger partial charge is 0.493 e. The highest BCUT2D eigenvalue weighted by atomic mass is 16.5. The Morgan fingerprint density at radius 3 is 2.62 bits per heavy atom. The fraction of sp³-hybridized carbons (Fsp3) is 0.421. The van der Waals surface area contributed by atoms with Gasteiger partial charge in [0.1, 0.15) is 5.76 Å². The molecule has 2 atom stereocenters. The minimum Gasteiger partial charge on any atom is -0.493 e. The molecule has 1 aromatic carbocycles. The molecule has 0 unspecified atom stereocenters. The predicted molar refractivity (Wildman–Crippen MR) is 88.2 cm³/mol. The number of rotatable bonds is 4. The molecule has 1 aromatic heterocycles. The van der Waals surface area contributed by atoms with Gasteiger partial charge in [-0.1, -0.05) is 0 Å². The van der Waals surface area contributed by atoms with Gasteiger partial charge in [-0.15, -0.1) is 0 Å². The van der Waals surface area contributed by atoms with Crippen LogP contribution in [0.15, 0.2) is 34.9 Å². The van der Waals surface area contributed by atoms with Gasteiger partial charge in [0.25, 0.3) is 0 Å². The summed E-state index contributed by atoms with van der Waals surface area (Å²) in [6, 6.07) is 7.86. The van der Waals surface area contributed by atoms with Crippen molar-refractivity contribution < 1.29 is 18.7 Å². The van der Waals surface area contributed by atoms with E-state index < -0.39 is 0 Å². The normalized spacial score (nSPS) is 22.0. The summed E-state index contributed by atoms with van der Waals surface area (Å²) in [6.07, 6.45) is 3.41. The Balaban J connectivity index is 1.49. The van der Waals surface area contributed by atoms with Gasteiger partial charge in [0.15, 0.2) is 11.5 Å². The number of methoxy groups -OCH3 is 2. The van der Waals surface area contributed by atoms with Gasteiger partial charge in [-0.3, -0.25) is 4.79 Å². The molecule has 0 radical (unpaired) electrons. The number of benzene rings is 1. The molecule has 4 rings (SSSR count). The molecule has 1 aliphatic carbocycles. The number of amides is 1. The lowest BCUT2D eigenvalue weighted by Gasteiger charge is -2.30. The van der Waals surface area contributed by atoms with Crippen LogP contribution in [0.1, 0.15) is 29.2 Å². The van der Waals surface area contributed by atoms with Crippen molar-refractivity contribution in [3.63, 3.8) is 0 Å². The van der Waals surface area contributed by atoms with Crippen LogP contribution in [0.4, 0.5) is 0 Å². The lowest BCUT2D eigenvalue weighted by molar-refractivity contribution is -0.133. The molecule has 2 heterocycles. The van der Waals surface area contributed by atoms with Crippen molar-refractivity contribution in [2.75, 3.05) is 20.8 Å². The van der Waals surface area contributed by atoms with Gasteiger partial charge in [-0.05, 0) is 48.2 Å². The third-order valence-electron chi connectivity index (χ3n) is 5.05. The Morgan fingerprint density at radius 2 is 1.96 bits per heavy atom. The molecular weight excluding hydrogens is 306 g/mol. The van der Waals surface area contributed by atoms with Crippen LogP contribution in [-0.2, 0) is 17.8 Å². The molecule has 1 fully saturated rings. The number of fused-ring (bicyclic) bond motifs is 1. The first-order valence-corrected chi connectivity index (χ1v) is 8.27. The number of carbonyl (C=O) groups excluding carboxylic acids is 1. The van der Waals surface area contributed by atoms with Crippen LogP contribution < -0.4 is 9.47 Å². The zero-order valence-electron chi connectivity index (χ0n) is 14.0. The van der Waals surface area contributed by atoms with Gasteiger partial charge < -0.3 is 18.8 Å². The van der Waals surface area contributed by atoms with E-state index in [1.165, 1.54) is 5.56 Å². The SMILES string of the molecule is COc1cc2c(cc1OC)CN(C(=O)[C@@H]1C[C@@H]1c1ccco1)CC2. The van der Waals surface area contributed by atoms with Crippen molar-refractivity contribution in [1.29, 1.82) is 0 Å². The standard InChI is InChI=1S/C19H21NO4/c1-22-17-8-12-5-6-20(11-13(12)9-18(17)23-2)19(21)15-10-14(15)16-4-3-7-24-16/h3-4,7-9,14-15H,5-6,10-11H2,1-2H3/t14-,15+/m0/s1. The van der Waals surface area contributed by atoms with Crippen molar-refractivity contribution in [3.05, 3.63) is 47.4 Å². The molecule has 0 spiro atoms. The Hall–Kier alpha value is -2.43. The first kappa shape index (κ1) is 15.1. The summed E-state index contributed by atoms with van der Waals surface area (Å²) in [5.74, 6) is 2.94. The van der Waals surface area contributed by atoms with Gasteiger partial charge in [0.05, 0.1) is 20.5 Å². The Kier molecular flexibility index (Phi) is 3.71. The molecule has 2 aromatic rings. The van der Waals surface area contributed by atoms with Crippen LogP contribution in [-0.4, -0.2) is 31.6 Å². The summed E-state index contributed by atoms with van der Waals surface area (Å²) >= 11 is 0. The molecule has 0 N–H and O–H groups in total. The Bertz CT molecular complexity index is 753. The van der Waals surface area contributed by atoms with Gasteiger partial charge in [-0.2, -0.15) is 0 Å². The maximum Gasteiger partial charge on any atom is 0.226 e. The predicted octanol–water partition coefficient (Wildman–Crippen LogP) is 2.99. The number of hydrogen-bond donors (Lipinski definition) is 0. The van der Waals surface area contributed by atoms with Crippen molar-refractivity contribution in [3.8, 4) is 11.5 Å². The number of ether oxygens (including phenoxy) is 2. The van der Waals surface area contributed by atoms with Gasteiger partial charge in [-0.25, -0.2) is 0 Å². The topological polar surface area (TPSA) is 51.9 Å². The van der Waals surface area contributed by atoms with E-state index in [4.69, 9.17) is 13.9 Å². The highest BCUT2D eigenvalue weighted by molar-refractivity contribution is 5.83. The maximum absolute atomic E-state index is 12.8. The van der Waals surface area contributed by atoms with Crippen LogP contribution in [0, 0.1) is 5.92 Å². The molecule has 2 aliphatic rings. The minimum absolute atomic E-state index is 0.0674. The van der Waals surface area contributed by atoms with Crippen LogP contribution in [0.3, 0.4) is 0 Å². The third kappa shape index (κ3) is 2.54. The van der Waals surface area contributed by atoms with Crippen LogP contribution in [0.2, 0.25) is 0 Å². The van der Waals surface area contributed by atoms with Crippen molar-refractivity contribution in [1.82, 2.24) is 4.90 Å². The second kappa shape index (κ2) is 5.89. The lowest BCUT2D eigenvalue weighted by Crippen LogP contribution is -2.37. The first-order valence-electron chi connectivity index (χ1n) is 8.27. The molecule has 5 nitrogen and oxygen atoms in total. The van der Waals surface area contributed by atoms with E-state index in [0.717, 1.165) is 36.5 Å². The summed E-state index contributed by atoms with van der Waals surface area (Å²) < 4.78 is 16.2. The molecule has 24 heavy (non-hydrogen) atoms. The third-order valence-corrected chi connectivity index (χ3v) is 5.05. The van der Waals surface area contributed by atoms with E-state index in [0.29, 0.717) is 12.3 Å². The van der Waals surface area contributed by atoms with E-state index in [1.807, 2.05) is 29.2 Å². The summed E-state index contributed by atoms with van der Waals surface area (Å²) in [7, 11) is 3.28. The second-order valence-corrected chi connectivity index (χ2v) is 6.45. The number of furan rings is 1. The van der Waals surface area contributed by atoms with Crippen LogP contribution in [0.5, 0.6) is 11.5 Å². The molecule has 0 bridgehead atoms. The fourth-order valence-electron chi connectivity index (χ4n) is 3.59. The number of carbonyl (C=O) groups is 1. The monoisotopic (exact) mass is 327 g/mol. The molecule has 1 amide bonds. The highest BCUT2D eigenvalue weighted by Gasteiger charge is 2.47. The Labute approximate surface area is 141 Å². The molecule has 1 aliphatic heterocycles. The minimum atomic E-state index is 0.0674. The van der Waals surface area contributed by atoms with Crippen LogP contribution >= 0.6 is 0 Å². The zero-order chi connectivity index (χ0) is 16.7. The van der Waals surface area contributed by atoms with Gasteiger partial charge >= 0.3 is 0 Å². The summed E-state index contributed by atoms with van der Waals surface area (Å²) in [6.45, 7) is 1.39. The summed E-state index contributed by atoms with van der Waals surface area (Å²) in [4.78, 5) is 14.7. The summed E-state index contributed by atoms with van der Waals surface area (Å²) in [5.41, 5.74) is 2.37. The van der Waals surface area contributed by atoms with E-state index in [1.54, 1.807) is 20.5 Å². The van der Waals surface area contributed by atoms with Gasteiger partial charge in [0.2, 0.25) is 5.91 Å². The van der Waals surface area contributed by atoms with Crippen molar-refractivity contribution in [2.24, 2.45) is 5.92 Å². The number of nitrogens with zero attached hydrogens (tertiary/aromatic N) is 1. The van der Waals surface area contributed by atoms with Gasteiger partial charge in [0, 0.05) is 24.9 Å². The first-order chi connectivity index (χ1) is 11.7. The molecule has 5 heteroatoms.